The molecule has 2 aliphatic heterocycles. The van der Waals surface area contributed by atoms with Crippen LogP contribution in [0.15, 0.2) is 78.9 Å². The van der Waals surface area contributed by atoms with E-state index in [1.807, 2.05) is 0 Å². The number of aromatic nitrogens is 1. The Morgan fingerprint density at radius 2 is 1.70 bits per heavy atom. The van der Waals surface area contributed by atoms with Crippen LogP contribution in [-0.2, 0) is 34.9 Å². The first kappa shape index (κ1) is 29.3. The van der Waals surface area contributed by atoms with Gasteiger partial charge in [-0.1, -0.05) is 72.8 Å². The van der Waals surface area contributed by atoms with E-state index in [0.29, 0.717) is 18.4 Å². The molecule has 3 aliphatic carbocycles. The van der Waals surface area contributed by atoms with Crippen molar-refractivity contribution in [1.29, 1.82) is 0 Å². The van der Waals surface area contributed by atoms with Crippen LogP contribution in [0.3, 0.4) is 0 Å². The van der Waals surface area contributed by atoms with Gasteiger partial charge >= 0.3 is 0 Å². The quantitative estimate of drug-likeness (QED) is 0.212. The molecule has 9 heteroatoms. The van der Waals surface area contributed by atoms with E-state index in [2.05, 4.69) is 82.3 Å². The monoisotopic (exact) mass is 650 g/mol. The average Bonchev–Trinajstić information content (AvgIpc) is 3.71. The molecule has 0 radical (unpaired) electrons. The second-order valence-electron chi connectivity index (χ2n) is 14.3. The number of aromatic hydroxyl groups is 1. The molecule has 1 saturated carbocycles. The number of aliphatic hydroxyl groups is 1. The highest BCUT2D eigenvalue weighted by Crippen LogP contribution is 2.69. The van der Waals surface area contributed by atoms with E-state index < -0.39 is 21.1 Å². The molecule has 0 unspecified atom stereocenters. The fraction of sp³-hybridized carbons (Fsp3) is 0.368. The summed E-state index contributed by atoms with van der Waals surface area (Å²) in [6, 6.07) is 27.8. The minimum atomic E-state index is -3.67. The summed E-state index contributed by atoms with van der Waals surface area (Å²) in [5.41, 5.74) is 5.57. The molecule has 5 aromatic rings. The molecule has 1 spiro atoms. The predicted molar refractivity (Wildman–Crippen MR) is 181 cm³/mol. The number of likely N-dealkylation sites (tertiary alicyclic amines) is 1. The van der Waals surface area contributed by atoms with Crippen LogP contribution in [0.5, 0.6) is 11.5 Å². The molecule has 0 amide bonds. The molecule has 1 aromatic heterocycles. The van der Waals surface area contributed by atoms with Gasteiger partial charge in [-0.15, -0.1) is 0 Å². The normalized spacial score (nSPS) is 27.1. The fourth-order valence-corrected chi connectivity index (χ4v) is 9.55. The number of benzene rings is 4. The molecule has 4 aromatic carbocycles. The lowest BCUT2D eigenvalue weighted by molar-refractivity contribution is -0.173. The highest BCUT2D eigenvalue weighted by molar-refractivity contribution is 7.85. The fourth-order valence-electron chi connectivity index (χ4n) is 9.55. The van der Waals surface area contributed by atoms with Gasteiger partial charge in [0.1, 0.15) is 0 Å². The van der Waals surface area contributed by atoms with Crippen LogP contribution in [0, 0.1) is 5.92 Å². The summed E-state index contributed by atoms with van der Waals surface area (Å²) in [4.78, 5) is 2.61. The largest absolute Gasteiger partial charge is 0.504 e. The third kappa shape index (κ3) is 4.26. The van der Waals surface area contributed by atoms with Gasteiger partial charge in [0.25, 0.3) is 10.1 Å². The molecular weight excluding hydrogens is 612 g/mol. The van der Waals surface area contributed by atoms with Crippen LogP contribution in [-0.4, -0.2) is 63.6 Å². The first-order chi connectivity index (χ1) is 22.6. The molecule has 4 atom stereocenters. The molecule has 47 heavy (non-hydrogen) atoms. The molecule has 1 saturated heterocycles. The van der Waals surface area contributed by atoms with Crippen molar-refractivity contribution in [3.8, 4) is 11.5 Å². The van der Waals surface area contributed by atoms with Gasteiger partial charge in [-0.05, 0) is 66.3 Å². The van der Waals surface area contributed by atoms with Crippen molar-refractivity contribution in [2.75, 3.05) is 19.3 Å². The molecule has 242 valence electrons. The van der Waals surface area contributed by atoms with E-state index in [9.17, 15) is 18.6 Å². The van der Waals surface area contributed by atoms with Crippen molar-refractivity contribution in [3.63, 3.8) is 0 Å². The van der Waals surface area contributed by atoms with Gasteiger partial charge in [0.15, 0.2) is 17.6 Å². The van der Waals surface area contributed by atoms with E-state index in [4.69, 9.17) is 9.29 Å². The molecule has 3 N–H and O–H groups in total. The Hall–Kier alpha value is -3.89. The lowest BCUT2D eigenvalue weighted by atomic mass is 9.49. The topological polar surface area (TPSA) is 112 Å². The average molecular weight is 651 g/mol. The lowest BCUT2D eigenvalue weighted by Gasteiger charge is -2.63. The van der Waals surface area contributed by atoms with E-state index >= 15 is 0 Å². The minimum absolute atomic E-state index is 0.0297. The molecule has 8 nitrogen and oxygen atoms in total. The number of hydrogen-bond acceptors (Lipinski definition) is 6. The number of fused-ring (bicyclic) bond motifs is 6. The van der Waals surface area contributed by atoms with Crippen LogP contribution in [0.4, 0.5) is 0 Å². The number of hydrogen-bond donors (Lipinski definition) is 3. The number of nitrogens with zero attached hydrogens (tertiary/aromatic N) is 2. The Balaban J connectivity index is 0.000000566. The molecule has 5 aliphatic rings. The van der Waals surface area contributed by atoms with Crippen molar-refractivity contribution < 1.29 is 27.9 Å². The molecular formula is C38H38N2O6S. The maximum absolute atomic E-state index is 13.3. The Kier molecular flexibility index (Phi) is 6.26. The van der Waals surface area contributed by atoms with E-state index in [1.165, 1.54) is 56.9 Å². The highest BCUT2D eigenvalue weighted by atomic mass is 32.2. The van der Waals surface area contributed by atoms with Crippen molar-refractivity contribution in [2.24, 2.45) is 5.92 Å². The van der Waals surface area contributed by atoms with Gasteiger partial charge in [-0.25, -0.2) is 0 Å². The Morgan fingerprint density at radius 3 is 2.47 bits per heavy atom. The summed E-state index contributed by atoms with van der Waals surface area (Å²) in [6.45, 7) is 2.75. The predicted octanol–water partition coefficient (Wildman–Crippen LogP) is 5.75. The van der Waals surface area contributed by atoms with Gasteiger partial charge in [-0.3, -0.25) is 9.45 Å². The first-order valence-electron chi connectivity index (χ1n) is 16.5. The smallest absolute Gasteiger partial charge is 0.261 e. The number of rotatable bonds is 4. The van der Waals surface area contributed by atoms with Crippen molar-refractivity contribution in [1.82, 2.24) is 9.47 Å². The Labute approximate surface area is 274 Å². The number of phenols is 1. The van der Waals surface area contributed by atoms with Crippen LogP contribution in [0.25, 0.3) is 21.7 Å². The third-order valence-electron chi connectivity index (χ3n) is 11.5. The summed E-state index contributed by atoms with van der Waals surface area (Å²) in [7, 11) is -3.67. The SMILES string of the molecule is CS(=O)(=O)O.Oc1ccc2c3c1O[C@H]1c4c(c5ccc6ccccc6c5n4Cc4ccccc4)C[C@@]4(O)[C@@H](C2)N(CC2CC2)CC[C@]314. The lowest BCUT2D eigenvalue weighted by Crippen LogP contribution is -2.74. The second kappa shape index (κ2) is 10.1. The molecule has 2 bridgehead atoms. The zero-order valence-electron chi connectivity index (χ0n) is 26.3. The van der Waals surface area contributed by atoms with E-state index in [1.54, 1.807) is 6.07 Å². The van der Waals surface area contributed by atoms with Crippen LogP contribution in [0.2, 0.25) is 0 Å². The minimum Gasteiger partial charge on any atom is -0.504 e. The van der Waals surface area contributed by atoms with Crippen molar-refractivity contribution >= 4 is 31.8 Å². The number of ether oxygens (including phenoxy) is 1. The van der Waals surface area contributed by atoms with Crippen molar-refractivity contribution in [2.45, 2.75) is 61.8 Å². The maximum Gasteiger partial charge on any atom is 0.261 e. The third-order valence-corrected chi connectivity index (χ3v) is 11.5. The first-order valence-corrected chi connectivity index (χ1v) is 18.4. The molecule has 2 fully saturated rings. The summed E-state index contributed by atoms with van der Waals surface area (Å²) in [6.07, 6.45) is 5.17. The van der Waals surface area contributed by atoms with Crippen molar-refractivity contribution in [3.05, 3.63) is 107 Å². The van der Waals surface area contributed by atoms with E-state index in [-0.39, 0.29) is 17.9 Å². The van der Waals surface area contributed by atoms with Gasteiger partial charge < -0.3 is 19.5 Å². The van der Waals surface area contributed by atoms with Gasteiger partial charge in [0.2, 0.25) is 0 Å². The summed E-state index contributed by atoms with van der Waals surface area (Å²) in [5, 5.41) is 28.1. The summed E-state index contributed by atoms with van der Waals surface area (Å²) in [5.74, 6) is 1.55. The number of piperidine rings is 1. The molecule has 3 heterocycles. The standard InChI is InChI=1S/C37H34N2O3.CH4O3S/c40-29-15-13-25-18-30-37(41)19-28-27-14-12-24-8-4-5-9-26(24)32(27)39(21-22-6-2-1-3-7-22)33(28)35-36(37,31(25)34(29)42-35)16-17-38(30)20-23-10-11-23;1-5(2,3)4/h1-9,12-15,23,30,35,40-41H,10-11,16-21H2;1H3,(H,2,3,4)/t30-,35+,36+,37-;/m1./s1. The Bertz CT molecular complexity index is 2180. The van der Waals surface area contributed by atoms with Gasteiger partial charge in [0, 0.05) is 41.9 Å². The summed E-state index contributed by atoms with van der Waals surface area (Å²) < 4.78 is 35.4. The zero-order valence-corrected chi connectivity index (χ0v) is 27.1. The summed E-state index contributed by atoms with van der Waals surface area (Å²) >= 11 is 0. The van der Waals surface area contributed by atoms with Crippen LogP contribution >= 0.6 is 0 Å². The number of phenolic OH excluding ortho intramolecular Hbond substituents is 1. The second-order valence-corrected chi connectivity index (χ2v) is 15.7. The highest BCUT2D eigenvalue weighted by Gasteiger charge is 2.73. The van der Waals surface area contributed by atoms with Gasteiger partial charge in [-0.2, -0.15) is 8.42 Å². The molecule has 10 rings (SSSR count). The van der Waals surface area contributed by atoms with Crippen LogP contribution < -0.4 is 4.74 Å². The van der Waals surface area contributed by atoms with Crippen LogP contribution in [0.1, 0.15) is 53.3 Å². The Morgan fingerprint density at radius 1 is 0.957 bits per heavy atom. The maximum atomic E-state index is 13.3. The zero-order chi connectivity index (χ0) is 32.3. The van der Waals surface area contributed by atoms with E-state index in [0.717, 1.165) is 44.0 Å². The van der Waals surface area contributed by atoms with Gasteiger partial charge in [0.05, 0.1) is 28.5 Å².